The third-order valence-corrected chi connectivity index (χ3v) is 4.83. The van der Waals surface area contributed by atoms with Crippen LogP contribution < -0.4 is 5.32 Å². The van der Waals surface area contributed by atoms with E-state index in [-0.39, 0.29) is 11.6 Å². The molecule has 1 saturated carbocycles. The van der Waals surface area contributed by atoms with Crippen LogP contribution in [0.2, 0.25) is 10.0 Å². The molecule has 0 heterocycles. The van der Waals surface area contributed by atoms with Crippen molar-refractivity contribution in [3.63, 3.8) is 0 Å². The zero-order valence-corrected chi connectivity index (χ0v) is 13.7. The molecule has 1 atom stereocenters. The molecule has 0 spiro atoms. The molecule has 1 aromatic carbocycles. The predicted molar refractivity (Wildman–Crippen MR) is 85.7 cm³/mol. The van der Waals surface area contributed by atoms with Crippen LogP contribution >= 0.6 is 23.2 Å². The monoisotopic (exact) mass is 315 g/mol. The van der Waals surface area contributed by atoms with Crippen LogP contribution in [0, 0.1) is 0 Å². The van der Waals surface area contributed by atoms with Gasteiger partial charge >= 0.3 is 0 Å². The Kier molecular flexibility index (Phi) is 5.74. The molecule has 1 unspecified atom stereocenters. The van der Waals surface area contributed by atoms with Crippen LogP contribution in [0.25, 0.3) is 0 Å². The smallest absolute Gasteiger partial charge is 0.0873 e. The molecule has 2 rings (SSSR count). The molecule has 112 valence electrons. The first kappa shape index (κ1) is 16.1. The van der Waals surface area contributed by atoms with Crippen molar-refractivity contribution in [1.82, 2.24) is 5.32 Å². The van der Waals surface area contributed by atoms with Gasteiger partial charge in [0.15, 0.2) is 0 Å². The first-order valence-corrected chi connectivity index (χ1v) is 8.12. The van der Waals surface area contributed by atoms with Crippen molar-refractivity contribution in [2.75, 3.05) is 13.7 Å². The summed E-state index contributed by atoms with van der Waals surface area (Å²) in [6.07, 6.45) is 5.61. The number of rotatable bonds is 6. The highest BCUT2D eigenvalue weighted by molar-refractivity contribution is 6.33. The van der Waals surface area contributed by atoms with Crippen LogP contribution in [0.15, 0.2) is 18.2 Å². The largest absolute Gasteiger partial charge is 0.376 e. The molecule has 0 radical (unpaired) electrons. The summed E-state index contributed by atoms with van der Waals surface area (Å²) in [5.74, 6) is 0. The number of nitrogens with one attached hydrogen (secondary N) is 1. The highest BCUT2D eigenvalue weighted by Gasteiger charge is 2.42. The summed E-state index contributed by atoms with van der Waals surface area (Å²) in [5, 5.41) is 5.09. The number of ether oxygens (including phenoxy) is 1. The summed E-state index contributed by atoms with van der Waals surface area (Å²) >= 11 is 12.6. The van der Waals surface area contributed by atoms with Crippen molar-refractivity contribution in [3.05, 3.63) is 33.8 Å². The van der Waals surface area contributed by atoms with E-state index in [2.05, 4.69) is 12.2 Å². The second kappa shape index (κ2) is 7.13. The minimum atomic E-state index is -0.163. The number of hydrogen-bond donors (Lipinski definition) is 1. The molecule has 0 saturated heterocycles. The van der Waals surface area contributed by atoms with Gasteiger partial charge in [-0.15, -0.1) is 0 Å². The Labute approximate surface area is 131 Å². The summed E-state index contributed by atoms with van der Waals surface area (Å²) in [4.78, 5) is 0. The van der Waals surface area contributed by atoms with Crippen molar-refractivity contribution >= 4 is 23.2 Å². The van der Waals surface area contributed by atoms with E-state index in [9.17, 15) is 0 Å². The van der Waals surface area contributed by atoms with Crippen LogP contribution in [-0.2, 0) is 4.74 Å². The minimum Gasteiger partial charge on any atom is -0.376 e. The van der Waals surface area contributed by atoms with E-state index < -0.39 is 0 Å². The Balaban J connectivity index is 2.38. The second-order valence-electron chi connectivity index (χ2n) is 5.53. The quantitative estimate of drug-likeness (QED) is 0.798. The highest BCUT2D eigenvalue weighted by atomic mass is 35.5. The van der Waals surface area contributed by atoms with Gasteiger partial charge in [0.05, 0.1) is 11.6 Å². The molecular formula is C16H23Cl2NO. The third kappa shape index (κ3) is 3.30. The Morgan fingerprint density at radius 2 is 2.00 bits per heavy atom. The fourth-order valence-corrected chi connectivity index (χ4v) is 3.60. The Morgan fingerprint density at radius 1 is 1.30 bits per heavy atom. The maximum absolute atomic E-state index is 6.41. The van der Waals surface area contributed by atoms with Crippen molar-refractivity contribution in [3.8, 4) is 0 Å². The van der Waals surface area contributed by atoms with Gasteiger partial charge in [0, 0.05) is 17.2 Å². The SMILES string of the molecule is CCCNC(c1cc(Cl)ccc1Cl)C1(OC)CCCC1. The van der Waals surface area contributed by atoms with Crippen LogP contribution in [-0.4, -0.2) is 19.3 Å². The van der Waals surface area contributed by atoms with Gasteiger partial charge in [0.25, 0.3) is 0 Å². The average molecular weight is 316 g/mol. The van der Waals surface area contributed by atoms with Crippen LogP contribution in [0.1, 0.15) is 50.6 Å². The molecule has 4 heteroatoms. The lowest BCUT2D eigenvalue weighted by molar-refractivity contribution is -0.0367. The van der Waals surface area contributed by atoms with Crippen LogP contribution in [0.4, 0.5) is 0 Å². The molecule has 0 bridgehead atoms. The molecule has 1 aliphatic carbocycles. The number of halogens is 2. The normalized spacial score (nSPS) is 19.2. The molecule has 0 aromatic heterocycles. The van der Waals surface area contributed by atoms with Gasteiger partial charge in [0.2, 0.25) is 0 Å². The lowest BCUT2D eigenvalue weighted by Crippen LogP contribution is -2.44. The lowest BCUT2D eigenvalue weighted by atomic mass is 9.86. The van der Waals surface area contributed by atoms with E-state index in [1.54, 1.807) is 0 Å². The summed E-state index contributed by atoms with van der Waals surface area (Å²) in [6, 6.07) is 5.77. The maximum atomic E-state index is 6.41. The highest BCUT2D eigenvalue weighted by Crippen LogP contribution is 2.44. The standard InChI is InChI=1S/C16H23Cl2NO/c1-3-10-19-15(16(20-2)8-4-5-9-16)13-11-12(17)6-7-14(13)18/h6-7,11,15,19H,3-5,8-10H2,1-2H3. The Hall–Kier alpha value is -0.280. The fraction of sp³-hybridized carbons (Fsp3) is 0.625. The van der Waals surface area contributed by atoms with E-state index in [4.69, 9.17) is 27.9 Å². The van der Waals surface area contributed by atoms with Crippen molar-refractivity contribution in [1.29, 1.82) is 0 Å². The molecule has 1 N–H and O–H groups in total. The van der Waals surface area contributed by atoms with Gasteiger partial charge in [-0.25, -0.2) is 0 Å². The second-order valence-corrected chi connectivity index (χ2v) is 6.37. The molecule has 1 fully saturated rings. The molecular weight excluding hydrogens is 293 g/mol. The van der Waals surface area contributed by atoms with Crippen LogP contribution in [0.5, 0.6) is 0 Å². The number of methoxy groups -OCH3 is 1. The van der Waals surface area contributed by atoms with E-state index in [0.29, 0.717) is 0 Å². The topological polar surface area (TPSA) is 21.3 Å². The molecule has 0 amide bonds. The van der Waals surface area contributed by atoms with Gasteiger partial charge in [0.1, 0.15) is 0 Å². The lowest BCUT2D eigenvalue weighted by Gasteiger charge is -2.38. The van der Waals surface area contributed by atoms with Gasteiger partial charge < -0.3 is 10.1 Å². The Morgan fingerprint density at radius 3 is 2.60 bits per heavy atom. The van der Waals surface area contributed by atoms with E-state index in [0.717, 1.165) is 41.4 Å². The summed E-state index contributed by atoms with van der Waals surface area (Å²) in [5.41, 5.74) is 0.889. The van der Waals surface area contributed by atoms with Crippen molar-refractivity contribution in [2.24, 2.45) is 0 Å². The van der Waals surface area contributed by atoms with Gasteiger partial charge in [-0.3, -0.25) is 0 Å². The molecule has 1 aliphatic rings. The molecule has 2 nitrogen and oxygen atoms in total. The predicted octanol–water partition coefficient (Wildman–Crippen LogP) is 4.99. The van der Waals surface area contributed by atoms with Gasteiger partial charge in [-0.05, 0) is 49.6 Å². The van der Waals surface area contributed by atoms with Crippen molar-refractivity contribution < 1.29 is 4.74 Å². The molecule has 1 aromatic rings. The van der Waals surface area contributed by atoms with Crippen molar-refractivity contribution in [2.45, 2.75) is 50.7 Å². The molecule has 0 aliphatic heterocycles. The average Bonchev–Trinajstić information content (AvgIpc) is 2.93. The minimum absolute atomic E-state index is 0.0983. The first-order valence-electron chi connectivity index (χ1n) is 7.36. The van der Waals surface area contributed by atoms with Gasteiger partial charge in [-0.2, -0.15) is 0 Å². The third-order valence-electron chi connectivity index (χ3n) is 4.25. The summed E-state index contributed by atoms with van der Waals surface area (Å²) in [6.45, 7) is 3.11. The number of hydrogen-bond acceptors (Lipinski definition) is 2. The summed E-state index contributed by atoms with van der Waals surface area (Å²) < 4.78 is 5.94. The Bertz CT molecular complexity index is 444. The zero-order chi connectivity index (χ0) is 14.6. The van der Waals surface area contributed by atoms with Crippen LogP contribution in [0.3, 0.4) is 0 Å². The van der Waals surface area contributed by atoms with E-state index in [1.807, 2.05) is 25.3 Å². The van der Waals surface area contributed by atoms with Gasteiger partial charge in [-0.1, -0.05) is 43.0 Å². The summed E-state index contributed by atoms with van der Waals surface area (Å²) in [7, 11) is 1.81. The first-order chi connectivity index (χ1) is 9.63. The fourth-order valence-electron chi connectivity index (χ4n) is 3.19. The maximum Gasteiger partial charge on any atom is 0.0873 e. The zero-order valence-electron chi connectivity index (χ0n) is 12.2. The van der Waals surface area contributed by atoms with E-state index in [1.165, 1.54) is 12.8 Å². The molecule has 20 heavy (non-hydrogen) atoms. The van der Waals surface area contributed by atoms with E-state index >= 15 is 0 Å². The number of benzene rings is 1.